The lowest BCUT2D eigenvalue weighted by Crippen LogP contribution is -2.51. The van der Waals surface area contributed by atoms with Gasteiger partial charge in [-0.05, 0) is 25.1 Å². The van der Waals surface area contributed by atoms with Gasteiger partial charge in [-0.3, -0.25) is 9.59 Å². The Labute approximate surface area is 153 Å². The van der Waals surface area contributed by atoms with Crippen LogP contribution in [-0.2, 0) is 9.59 Å². The molecular weight excluding hydrogens is 388 g/mol. The Hall–Kier alpha value is -2.22. The second kappa shape index (κ2) is 6.25. The van der Waals surface area contributed by atoms with Crippen LogP contribution >= 0.6 is 15.9 Å². The van der Waals surface area contributed by atoms with Gasteiger partial charge in [-0.15, -0.1) is 0 Å². The van der Waals surface area contributed by atoms with Crippen molar-refractivity contribution in [3.63, 3.8) is 0 Å². The van der Waals surface area contributed by atoms with E-state index in [1.807, 2.05) is 24.3 Å². The molecule has 4 rings (SSSR count). The Balaban J connectivity index is 1.38. The highest BCUT2D eigenvalue weighted by atomic mass is 79.9. The van der Waals surface area contributed by atoms with Crippen molar-refractivity contribution in [3.05, 3.63) is 40.5 Å². The molecule has 2 aliphatic rings. The molecule has 3 heterocycles. The number of aryl methyl sites for hydroxylation is 1. The summed E-state index contributed by atoms with van der Waals surface area (Å²) in [4.78, 5) is 32.7. The Morgan fingerprint density at radius 2 is 2.12 bits per heavy atom. The summed E-state index contributed by atoms with van der Waals surface area (Å²) < 4.78 is 6.07. The second-order valence-electron chi connectivity index (χ2n) is 6.51. The van der Waals surface area contributed by atoms with Gasteiger partial charge in [0.25, 0.3) is 0 Å². The lowest BCUT2D eigenvalue weighted by atomic mass is 9.96. The molecule has 25 heavy (non-hydrogen) atoms. The normalized spacial score (nSPS) is 20.9. The molecule has 7 nitrogen and oxygen atoms in total. The minimum Gasteiger partial charge on any atom is -0.341 e. The summed E-state index contributed by atoms with van der Waals surface area (Å²) in [5, 5.41) is 3.78. The molecule has 1 atom stereocenters. The molecule has 0 saturated carbocycles. The molecule has 2 amide bonds. The van der Waals surface area contributed by atoms with Crippen molar-refractivity contribution >= 4 is 33.4 Å². The number of rotatable bonds is 3. The van der Waals surface area contributed by atoms with Crippen LogP contribution in [0.1, 0.15) is 24.1 Å². The van der Waals surface area contributed by atoms with Gasteiger partial charge in [0.2, 0.25) is 17.7 Å². The first-order valence-corrected chi connectivity index (χ1v) is 8.95. The number of nitrogens with zero attached hydrogens (tertiary/aromatic N) is 4. The summed E-state index contributed by atoms with van der Waals surface area (Å²) >= 11 is 3.41. The van der Waals surface area contributed by atoms with E-state index in [-0.39, 0.29) is 30.1 Å². The van der Waals surface area contributed by atoms with Gasteiger partial charge < -0.3 is 14.3 Å². The van der Waals surface area contributed by atoms with Gasteiger partial charge in [0.1, 0.15) is 0 Å². The van der Waals surface area contributed by atoms with Crippen LogP contribution in [0, 0.1) is 12.8 Å². The standard InChI is InChI=1S/C17H17BrN4O3/c1-10-19-16(25-20-10)12-7-21(8-12)17(24)11-5-15(23)22(9-11)14-4-2-3-13(18)6-14/h2-4,6,11-12H,5,7-9H2,1H3/t11-/m0/s1. The molecule has 1 aromatic heterocycles. The zero-order chi connectivity index (χ0) is 17.6. The molecule has 0 spiro atoms. The Morgan fingerprint density at radius 1 is 1.32 bits per heavy atom. The molecule has 2 fully saturated rings. The Bertz CT molecular complexity index is 831. The van der Waals surface area contributed by atoms with Crippen molar-refractivity contribution in [2.45, 2.75) is 19.3 Å². The highest BCUT2D eigenvalue weighted by Crippen LogP contribution is 2.32. The van der Waals surface area contributed by atoms with E-state index in [2.05, 4.69) is 26.1 Å². The first-order valence-electron chi connectivity index (χ1n) is 8.16. The van der Waals surface area contributed by atoms with Crippen molar-refractivity contribution in [1.29, 1.82) is 0 Å². The predicted molar refractivity (Wildman–Crippen MR) is 93.0 cm³/mol. The third-order valence-corrected chi connectivity index (χ3v) is 5.17. The van der Waals surface area contributed by atoms with Crippen LogP contribution in [0.3, 0.4) is 0 Å². The third-order valence-electron chi connectivity index (χ3n) is 4.68. The first-order chi connectivity index (χ1) is 12.0. The van der Waals surface area contributed by atoms with E-state index >= 15 is 0 Å². The summed E-state index contributed by atoms with van der Waals surface area (Å²) in [6, 6.07) is 7.57. The molecule has 0 unspecified atom stereocenters. The number of benzene rings is 1. The zero-order valence-corrected chi connectivity index (χ0v) is 15.3. The number of hydrogen-bond acceptors (Lipinski definition) is 5. The van der Waals surface area contributed by atoms with E-state index < -0.39 is 0 Å². The van der Waals surface area contributed by atoms with Crippen LogP contribution in [0.15, 0.2) is 33.3 Å². The summed E-state index contributed by atoms with van der Waals surface area (Å²) in [5.74, 6) is 1.00. The summed E-state index contributed by atoms with van der Waals surface area (Å²) in [6.45, 7) is 3.34. The predicted octanol–water partition coefficient (Wildman–Crippen LogP) is 2.12. The third kappa shape index (κ3) is 3.06. The van der Waals surface area contributed by atoms with E-state index in [1.165, 1.54) is 0 Å². The Morgan fingerprint density at radius 3 is 2.80 bits per heavy atom. The van der Waals surface area contributed by atoms with Gasteiger partial charge in [-0.1, -0.05) is 27.2 Å². The second-order valence-corrected chi connectivity index (χ2v) is 7.42. The number of hydrogen-bond donors (Lipinski definition) is 0. The van der Waals surface area contributed by atoms with Crippen molar-refractivity contribution < 1.29 is 14.1 Å². The van der Waals surface area contributed by atoms with Crippen LogP contribution in [0.25, 0.3) is 0 Å². The van der Waals surface area contributed by atoms with Gasteiger partial charge in [0.15, 0.2) is 5.82 Å². The topological polar surface area (TPSA) is 79.5 Å². The number of carbonyl (C=O) groups is 2. The number of anilines is 1. The van der Waals surface area contributed by atoms with Crippen molar-refractivity contribution in [3.8, 4) is 0 Å². The zero-order valence-electron chi connectivity index (χ0n) is 13.7. The molecule has 0 N–H and O–H groups in total. The molecule has 0 radical (unpaired) electrons. The van der Waals surface area contributed by atoms with E-state index in [9.17, 15) is 9.59 Å². The van der Waals surface area contributed by atoms with Crippen LogP contribution < -0.4 is 4.90 Å². The fourth-order valence-electron chi connectivity index (χ4n) is 3.32. The van der Waals surface area contributed by atoms with Crippen LogP contribution in [0.5, 0.6) is 0 Å². The number of halogens is 1. The molecule has 8 heteroatoms. The van der Waals surface area contributed by atoms with Gasteiger partial charge >= 0.3 is 0 Å². The van der Waals surface area contributed by atoms with Gasteiger partial charge in [0.05, 0.1) is 11.8 Å². The number of aromatic nitrogens is 2. The van der Waals surface area contributed by atoms with Crippen molar-refractivity contribution in [2.75, 3.05) is 24.5 Å². The highest BCUT2D eigenvalue weighted by Gasteiger charge is 2.42. The molecule has 0 bridgehead atoms. The molecule has 2 aliphatic heterocycles. The minimum absolute atomic E-state index is 0.0129. The summed E-state index contributed by atoms with van der Waals surface area (Å²) in [5.41, 5.74) is 0.817. The number of likely N-dealkylation sites (tertiary alicyclic amines) is 1. The monoisotopic (exact) mass is 404 g/mol. The summed E-state index contributed by atoms with van der Waals surface area (Å²) in [6.07, 6.45) is 0.256. The molecular formula is C17H17BrN4O3. The molecule has 2 aromatic rings. The van der Waals surface area contributed by atoms with Gasteiger partial charge in [-0.2, -0.15) is 4.98 Å². The molecule has 2 saturated heterocycles. The maximum Gasteiger partial charge on any atom is 0.233 e. The lowest BCUT2D eigenvalue weighted by Gasteiger charge is -2.38. The average Bonchev–Trinajstić information content (AvgIpc) is 3.12. The minimum atomic E-state index is -0.295. The van der Waals surface area contributed by atoms with E-state index in [0.717, 1.165) is 10.2 Å². The Kier molecular flexibility index (Phi) is 4.07. The van der Waals surface area contributed by atoms with E-state index in [4.69, 9.17) is 4.52 Å². The van der Waals surface area contributed by atoms with Crippen molar-refractivity contribution in [1.82, 2.24) is 15.0 Å². The first kappa shape index (κ1) is 16.3. The SMILES string of the molecule is Cc1noc(C2CN(C(=O)[C@H]3CC(=O)N(c4cccc(Br)c4)C3)C2)n1. The largest absolute Gasteiger partial charge is 0.341 e. The van der Waals surface area contributed by atoms with Gasteiger partial charge in [0, 0.05) is 36.2 Å². The van der Waals surface area contributed by atoms with Gasteiger partial charge in [-0.25, -0.2) is 0 Å². The summed E-state index contributed by atoms with van der Waals surface area (Å²) in [7, 11) is 0. The van der Waals surface area contributed by atoms with Crippen LogP contribution in [0.2, 0.25) is 0 Å². The highest BCUT2D eigenvalue weighted by molar-refractivity contribution is 9.10. The van der Waals surface area contributed by atoms with E-state index in [0.29, 0.717) is 31.3 Å². The fraction of sp³-hybridized carbons (Fsp3) is 0.412. The maximum absolute atomic E-state index is 12.7. The molecule has 130 valence electrons. The smallest absolute Gasteiger partial charge is 0.233 e. The average molecular weight is 405 g/mol. The fourth-order valence-corrected chi connectivity index (χ4v) is 3.71. The number of amides is 2. The van der Waals surface area contributed by atoms with Crippen LogP contribution in [0.4, 0.5) is 5.69 Å². The van der Waals surface area contributed by atoms with E-state index in [1.54, 1.807) is 16.7 Å². The molecule has 1 aromatic carbocycles. The number of carbonyl (C=O) groups excluding carboxylic acids is 2. The maximum atomic E-state index is 12.7. The van der Waals surface area contributed by atoms with Crippen LogP contribution in [-0.4, -0.2) is 46.5 Å². The lowest BCUT2D eigenvalue weighted by molar-refractivity contribution is -0.140. The van der Waals surface area contributed by atoms with Crippen molar-refractivity contribution in [2.24, 2.45) is 5.92 Å². The molecule has 0 aliphatic carbocycles. The quantitative estimate of drug-likeness (QED) is 0.782.